The maximum absolute atomic E-state index is 10.7. The van der Waals surface area contributed by atoms with Gasteiger partial charge in [-0.1, -0.05) is 0 Å². The van der Waals surface area contributed by atoms with Crippen molar-refractivity contribution in [3.8, 4) is 0 Å². The maximum atomic E-state index is 10.7. The van der Waals surface area contributed by atoms with E-state index in [9.17, 15) is 13.2 Å². The van der Waals surface area contributed by atoms with Crippen LogP contribution in [-0.4, -0.2) is 45.8 Å². The van der Waals surface area contributed by atoms with Gasteiger partial charge in [0.2, 0.25) is 0 Å². The molecule has 0 radical (unpaired) electrons. The summed E-state index contributed by atoms with van der Waals surface area (Å²) in [7, 11) is -6.09. The standard InChI is InChI=1S/C15H20NOTe.CHF3O3S/c1-5-14-13-9-11(3)12(4)10-15(13)18-16(14)7-8-17-6-2;2-1(3,4)8(5,6)7/h7-10H,5-6H2,1-4H3;(H,5,6,7)/q+1;/p-1. The summed E-state index contributed by atoms with van der Waals surface area (Å²) in [5.41, 5.74) is -1.40. The summed E-state index contributed by atoms with van der Waals surface area (Å²) < 4.78 is 68.2. The van der Waals surface area contributed by atoms with Gasteiger partial charge in [0.05, 0.1) is 0 Å². The Bertz CT molecular complexity index is 889. The van der Waals surface area contributed by atoms with Crippen LogP contribution in [0.5, 0.6) is 0 Å². The zero-order valence-corrected chi connectivity index (χ0v) is 17.9. The Labute approximate surface area is 160 Å². The minimum atomic E-state index is -6.09. The van der Waals surface area contributed by atoms with Crippen LogP contribution >= 0.6 is 0 Å². The molecule has 1 heterocycles. The Hall–Kier alpha value is -1.08. The van der Waals surface area contributed by atoms with Gasteiger partial charge in [-0.2, -0.15) is 13.2 Å². The molecule has 0 atom stereocenters. The van der Waals surface area contributed by atoms with Gasteiger partial charge in [-0.3, -0.25) is 0 Å². The first kappa shape index (κ1) is 23.0. The van der Waals surface area contributed by atoms with Crippen molar-refractivity contribution in [1.82, 2.24) is 0 Å². The Morgan fingerprint density at radius 1 is 1.23 bits per heavy atom. The number of aromatic nitrogens is 1. The maximum Gasteiger partial charge on any atom is 0.485 e. The van der Waals surface area contributed by atoms with E-state index in [0.29, 0.717) is 0 Å². The van der Waals surface area contributed by atoms with Gasteiger partial charge in [-0.25, -0.2) is 8.42 Å². The van der Waals surface area contributed by atoms with Crippen LogP contribution in [0.25, 0.3) is 15.0 Å². The van der Waals surface area contributed by atoms with Crippen LogP contribution in [0.4, 0.5) is 13.2 Å². The quantitative estimate of drug-likeness (QED) is 0.277. The molecule has 2 aromatic rings. The minimum Gasteiger partial charge on any atom is -0.741 e. The van der Waals surface area contributed by atoms with E-state index < -0.39 is 15.6 Å². The van der Waals surface area contributed by atoms with Crippen molar-refractivity contribution in [3.05, 3.63) is 35.2 Å². The van der Waals surface area contributed by atoms with Crippen molar-refractivity contribution in [1.29, 1.82) is 0 Å². The van der Waals surface area contributed by atoms with Crippen molar-refractivity contribution in [2.75, 3.05) is 6.61 Å². The zero-order valence-electron chi connectivity index (χ0n) is 14.8. The predicted octanol–water partition coefficient (Wildman–Crippen LogP) is 2.88. The minimum absolute atomic E-state index is 0.302. The molecule has 26 heavy (non-hydrogen) atoms. The second-order valence-corrected chi connectivity index (χ2v) is 9.56. The average molecular weight is 507 g/mol. The van der Waals surface area contributed by atoms with Gasteiger partial charge in [0.1, 0.15) is 0 Å². The van der Waals surface area contributed by atoms with Crippen LogP contribution in [0, 0.1) is 13.8 Å². The smallest absolute Gasteiger partial charge is 0.485 e. The fraction of sp³-hybridized carbons (Fsp3) is 0.438. The number of hydrogen-bond donors (Lipinski definition) is 0. The van der Waals surface area contributed by atoms with Gasteiger partial charge >= 0.3 is 125 Å². The van der Waals surface area contributed by atoms with Crippen LogP contribution < -0.4 is 2.79 Å². The molecular weight excluding hydrogens is 487 g/mol. The number of benzene rings is 1. The van der Waals surface area contributed by atoms with E-state index in [1.807, 2.05) is 13.2 Å². The Kier molecular flexibility index (Phi) is 8.14. The van der Waals surface area contributed by atoms with Crippen molar-refractivity contribution in [2.45, 2.75) is 39.6 Å². The molecule has 0 amide bonds. The van der Waals surface area contributed by atoms with E-state index in [0.717, 1.165) is 13.0 Å². The number of halogens is 3. The molecule has 1 aromatic heterocycles. The third kappa shape index (κ3) is 5.98. The van der Waals surface area contributed by atoms with Gasteiger partial charge in [-0.15, -0.1) is 0 Å². The fourth-order valence-electron chi connectivity index (χ4n) is 2.03. The van der Waals surface area contributed by atoms with Crippen LogP contribution in [0.2, 0.25) is 0 Å². The van der Waals surface area contributed by atoms with Gasteiger partial charge in [0.25, 0.3) is 0 Å². The third-order valence-corrected chi connectivity index (χ3v) is 7.08. The van der Waals surface area contributed by atoms with E-state index in [1.165, 1.54) is 22.2 Å². The third-order valence-electron chi connectivity index (χ3n) is 3.45. The summed E-state index contributed by atoms with van der Waals surface area (Å²) >= 11 is -0.302. The van der Waals surface area contributed by atoms with E-state index in [1.54, 1.807) is 3.40 Å². The molecule has 5 nitrogen and oxygen atoms in total. The fourth-order valence-corrected chi connectivity index (χ4v) is 5.36. The molecule has 10 heteroatoms. The predicted molar refractivity (Wildman–Crippen MR) is 92.6 cm³/mol. The molecule has 0 saturated heterocycles. The molecule has 0 N–H and O–H groups in total. The van der Waals surface area contributed by atoms with E-state index in [2.05, 4.69) is 41.9 Å². The van der Waals surface area contributed by atoms with Crippen molar-refractivity contribution in [3.63, 3.8) is 0 Å². The zero-order chi connectivity index (χ0) is 20.1. The van der Waals surface area contributed by atoms with Crippen LogP contribution in [0.3, 0.4) is 0 Å². The first-order valence-corrected chi connectivity index (χ1v) is 11.3. The Morgan fingerprint density at radius 2 is 1.77 bits per heavy atom. The Morgan fingerprint density at radius 3 is 2.23 bits per heavy atom. The van der Waals surface area contributed by atoms with Gasteiger partial charge in [0, 0.05) is 0 Å². The summed E-state index contributed by atoms with van der Waals surface area (Å²) in [6, 6.07) is 4.72. The molecule has 146 valence electrons. The van der Waals surface area contributed by atoms with Crippen LogP contribution in [-0.2, 0) is 21.3 Å². The molecule has 0 aliphatic carbocycles. The largest absolute Gasteiger partial charge is 0.741 e. The molecule has 0 saturated carbocycles. The number of rotatable bonds is 4. The molecule has 0 aliphatic rings. The van der Waals surface area contributed by atoms with Gasteiger partial charge in [0.15, 0.2) is 10.1 Å². The normalized spacial score (nSPS) is 12.3. The van der Waals surface area contributed by atoms with Crippen molar-refractivity contribution >= 4 is 45.8 Å². The van der Waals surface area contributed by atoms with Gasteiger partial charge < -0.3 is 4.55 Å². The molecule has 0 bridgehead atoms. The first-order chi connectivity index (χ1) is 11.9. The summed E-state index contributed by atoms with van der Waals surface area (Å²) in [5, 5.41) is 1.46. The molecule has 0 fully saturated rings. The summed E-state index contributed by atoms with van der Waals surface area (Å²) in [6.07, 6.45) is 5.01. The molecule has 1 aromatic carbocycles. The van der Waals surface area contributed by atoms with Crippen LogP contribution in [0.1, 0.15) is 30.7 Å². The molecular formula is C16H20F3NO4STe. The first-order valence-electron chi connectivity index (χ1n) is 7.67. The summed E-state index contributed by atoms with van der Waals surface area (Å²) in [6.45, 7) is 9.37. The molecule has 0 unspecified atom stereocenters. The summed E-state index contributed by atoms with van der Waals surface area (Å²) in [4.78, 5) is 0. The topological polar surface area (TPSA) is 70.3 Å². The Balaban J connectivity index is 0.000000359. The molecule has 2 rings (SSSR count). The second-order valence-electron chi connectivity index (χ2n) is 5.29. The number of fused-ring (bicyclic) bond motifs is 1. The molecule has 0 spiro atoms. The second kappa shape index (κ2) is 9.22. The van der Waals surface area contributed by atoms with Crippen LogP contribution in [0.15, 0.2) is 18.4 Å². The van der Waals surface area contributed by atoms with E-state index >= 15 is 0 Å². The molecule has 0 aliphatic heterocycles. The van der Waals surface area contributed by atoms with Crippen molar-refractivity contribution < 1.29 is 33.7 Å². The van der Waals surface area contributed by atoms with E-state index in [-0.39, 0.29) is 20.7 Å². The van der Waals surface area contributed by atoms with Crippen molar-refractivity contribution in [2.24, 2.45) is 0 Å². The SMILES string of the molecule is CCOC=C[n+]1[te]c2cc(C)c(C)cc2c1CC.O=S(=O)([O-])C(F)(F)F. The number of alkyl halides is 3. The average Bonchev–Trinajstić information content (AvgIpc) is 2.83. The number of nitrogens with zero attached hydrogens (tertiary/aromatic N) is 1. The number of hydrogen-bond acceptors (Lipinski definition) is 4. The number of aryl methyl sites for hydroxylation is 3. The van der Waals surface area contributed by atoms with Gasteiger partial charge in [-0.05, 0) is 0 Å². The monoisotopic (exact) mass is 509 g/mol. The van der Waals surface area contributed by atoms with E-state index in [4.69, 9.17) is 17.7 Å². The summed E-state index contributed by atoms with van der Waals surface area (Å²) in [5.74, 6) is 0. The number of ether oxygens (including phenoxy) is 1.